The first-order valence-electron chi connectivity index (χ1n) is 8.93. The number of halogens is 2. The van der Waals surface area contributed by atoms with Crippen LogP contribution in [0.4, 0.5) is 10.5 Å². The Balaban J connectivity index is 1.71. The third kappa shape index (κ3) is 3.50. The van der Waals surface area contributed by atoms with Crippen LogP contribution in [0, 0.1) is 13.8 Å². The molecule has 3 amide bonds. The van der Waals surface area contributed by atoms with Crippen LogP contribution in [0.15, 0.2) is 64.8 Å². The number of carbonyl (C=O) groups is 2. The summed E-state index contributed by atoms with van der Waals surface area (Å²) in [5, 5.41) is 3.29. The van der Waals surface area contributed by atoms with Gasteiger partial charge >= 0.3 is 6.03 Å². The van der Waals surface area contributed by atoms with Gasteiger partial charge in [-0.3, -0.25) is 4.79 Å². The Morgan fingerprint density at radius 1 is 1.00 bits per heavy atom. The second kappa shape index (κ2) is 7.54. The second-order valence-corrected chi connectivity index (χ2v) is 7.99. The average molecular weight is 471 g/mol. The molecule has 0 saturated carbocycles. The summed E-state index contributed by atoms with van der Waals surface area (Å²) in [4.78, 5) is 26.3. The van der Waals surface area contributed by atoms with Gasteiger partial charge in [-0.05, 0) is 77.8 Å². The van der Waals surface area contributed by atoms with E-state index in [1.54, 1.807) is 30.3 Å². The number of rotatable bonds is 3. The Labute approximate surface area is 181 Å². The molecule has 0 unspecified atom stereocenters. The van der Waals surface area contributed by atoms with Crippen molar-refractivity contribution in [1.29, 1.82) is 0 Å². The molecule has 146 valence electrons. The lowest BCUT2D eigenvalue weighted by atomic mass is 10.2. The highest BCUT2D eigenvalue weighted by molar-refractivity contribution is 9.10. The normalized spacial score (nSPS) is 15.3. The van der Waals surface area contributed by atoms with E-state index in [0.29, 0.717) is 10.7 Å². The molecule has 0 spiro atoms. The lowest BCUT2D eigenvalue weighted by molar-refractivity contribution is -0.113. The molecular weight excluding hydrogens is 454 g/mol. The van der Waals surface area contributed by atoms with Gasteiger partial charge in [0.1, 0.15) is 5.70 Å². The summed E-state index contributed by atoms with van der Waals surface area (Å²) in [6.07, 6.45) is 1.71. The summed E-state index contributed by atoms with van der Waals surface area (Å²) in [5.41, 5.74) is 4.48. The van der Waals surface area contributed by atoms with Gasteiger partial charge in [0.05, 0.1) is 10.7 Å². The van der Waals surface area contributed by atoms with Crippen molar-refractivity contribution in [2.24, 2.45) is 0 Å². The maximum absolute atomic E-state index is 12.8. The van der Waals surface area contributed by atoms with Crippen LogP contribution in [-0.4, -0.2) is 16.5 Å². The summed E-state index contributed by atoms with van der Waals surface area (Å²) in [7, 11) is 0. The number of nitrogens with zero attached hydrogens (tertiary/aromatic N) is 2. The zero-order valence-electron chi connectivity index (χ0n) is 15.7. The fraction of sp³-hybridized carbons (Fsp3) is 0.0909. The van der Waals surface area contributed by atoms with E-state index in [-0.39, 0.29) is 11.6 Å². The number of carbonyl (C=O) groups excluding carboxylic acids is 2. The van der Waals surface area contributed by atoms with Crippen LogP contribution in [0.3, 0.4) is 0 Å². The Hall–Kier alpha value is -2.83. The molecule has 29 heavy (non-hydrogen) atoms. The Bertz CT molecular complexity index is 1170. The molecule has 1 N–H and O–H groups in total. The first-order valence-corrected chi connectivity index (χ1v) is 10.1. The van der Waals surface area contributed by atoms with Gasteiger partial charge in [0.2, 0.25) is 0 Å². The molecule has 0 aliphatic carbocycles. The van der Waals surface area contributed by atoms with Gasteiger partial charge in [0.15, 0.2) is 0 Å². The van der Waals surface area contributed by atoms with E-state index in [0.717, 1.165) is 32.0 Å². The first-order chi connectivity index (χ1) is 13.9. The summed E-state index contributed by atoms with van der Waals surface area (Å²) in [5.74, 6) is -0.377. The smallest absolute Gasteiger partial charge is 0.318 e. The van der Waals surface area contributed by atoms with Crippen molar-refractivity contribution >= 4 is 51.2 Å². The molecule has 1 aromatic heterocycles. The van der Waals surface area contributed by atoms with E-state index in [1.165, 1.54) is 0 Å². The second-order valence-electron chi connectivity index (χ2n) is 6.72. The van der Waals surface area contributed by atoms with E-state index < -0.39 is 6.03 Å². The van der Waals surface area contributed by atoms with Gasteiger partial charge in [0.25, 0.3) is 5.91 Å². The van der Waals surface area contributed by atoms with Crippen molar-refractivity contribution in [3.05, 3.63) is 86.7 Å². The predicted octanol–water partition coefficient (Wildman–Crippen LogP) is 5.61. The molecule has 1 aliphatic rings. The standard InChI is InChI=1S/C22H17BrClN3O2/c1-13-10-15(14(2)26(13)17-8-9-18(23)19(24)12-17)11-20-21(28)27(22(29)25-20)16-6-4-3-5-7-16/h3-12H,1-2H3,(H,25,29)/b20-11+. The monoisotopic (exact) mass is 469 g/mol. The van der Waals surface area contributed by atoms with Crippen LogP contribution in [0.25, 0.3) is 11.8 Å². The van der Waals surface area contributed by atoms with Gasteiger partial charge in [-0.2, -0.15) is 0 Å². The van der Waals surface area contributed by atoms with Crippen molar-refractivity contribution in [2.45, 2.75) is 13.8 Å². The molecule has 0 atom stereocenters. The maximum atomic E-state index is 12.8. The maximum Gasteiger partial charge on any atom is 0.333 e. The third-order valence-electron chi connectivity index (χ3n) is 4.82. The summed E-state index contributed by atoms with van der Waals surface area (Å²) in [6.45, 7) is 3.95. The third-order valence-corrected chi connectivity index (χ3v) is 6.06. The Morgan fingerprint density at radius 3 is 2.41 bits per heavy atom. The number of anilines is 1. The summed E-state index contributed by atoms with van der Waals surface area (Å²) >= 11 is 9.66. The summed E-state index contributed by atoms with van der Waals surface area (Å²) < 4.78 is 2.88. The van der Waals surface area contributed by atoms with Crippen LogP contribution in [0.1, 0.15) is 17.0 Å². The Morgan fingerprint density at radius 2 is 1.72 bits per heavy atom. The van der Waals surface area contributed by atoms with Crippen LogP contribution in [0.2, 0.25) is 5.02 Å². The average Bonchev–Trinajstić information content (AvgIpc) is 3.13. The number of nitrogens with one attached hydrogen (secondary N) is 1. The zero-order chi connectivity index (χ0) is 20.7. The van der Waals surface area contributed by atoms with Crippen molar-refractivity contribution in [3.8, 4) is 5.69 Å². The molecule has 5 nitrogen and oxygen atoms in total. The number of hydrogen-bond donors (Lipinski definition) is 1. The molecule has 0 bridgehead atoms. The SMILES string of the molecule is Cc1cc(/C=C2/NC(=O)N(c3ccccc3)C2=O)c(C)n1-c1ccc(Br)c(Cl)c1. The fourth-order valence-electron chi connectivity index (χ4n) is 3.46. The van der Waals surface area contributed by atoms with Gasteiger partial charge in [-0.25, -0.2) is 9.69 Å². The summed E-state index contributed by atoms with van der Waals surface area (Å²) in [6, 6.07) is 16.1. The predicted molar refractivity (Wildman–Crippen MR) is 118 cm³/mol. The van der Waals surface area contributed by atoms with E-state index in [2.05, 4.69) is 25.8 Å². The van der Waals surface area contributed by atoms with Gasteiger partial charge in [-0.1, -0.05) is 29.8 Å². The molecule has 7 heteroatoms. The lowest BCUT2D eigenvalue weighted by Crippen LogP contribution is -2.30. The van der Waals surface area contributed by atoms with Crippen LogP contribution < -0.4 is 10.2 Å². The van der Waals surface area contributed by atoms with Gasteiger partial charge in [-0.15, -0.1) is 0 Å². The van der Waals surface area contributed by atoms with Crippen molar-refractivity contribution in [3.63, 3.8) is 0 Å². The highest BCUT2D eigenvalue weighted by Gasteiger charge is 2.34. The van der Waals surface area contributed by atoms with E-state index in [1.807, 2.05) is 44.2 Å². The highest BCUT2D eigenvalue weighted by Crippen LogP contribution is 2.29. The number of aromatic nitrogens is 1. The van der Waals surface area contributed by atoms with Crippen LogP contribution >= 0.6 is 27.5 Å². The first kappa shape index (κ1) is 19.5. The number of urea groups is 1. The molecule has 0 radical (unpaired) electrons. The molecular formula is C22H17BrClN3O2. The van der Waals surface area contributed by atoms with Gasteiger partial charge in [0, 0.05) is 21.5 Å². The minimum absolute atomic E-state index is 0.243. The van der Waals surface area contributed by atoms with Crippen molar-refractivity contribution in [1.82, 2.24) is 9.88 Å². The lowest BCUT2D eigenvalue weighted by Gasteiger charge is -2.11. The largest absolute Gasteiger partial charge is 0.333 e. The van der Waals surface area contributed by atoms with Crippen LogP contribution in [-0.2, 0) is 4.79 Å². The van der Waals surface area contributed by atoms with Crippen molar-refractivity contribution < 1.29 is 9.59 Å². The minimum atomic E-state index is -0.457. The molecule has 1 saturated heterocycles. The molecule has 1 aliphatic heterocycles. The van der Waals surface area contributed by atoms with E-state index in [9.17, 15) is 9.59 Å². The topological polar surface area (TPSA) is 54.3 Å². The number of imide groups is 1. The number of aryl methyl sites for hydroxylation is 1. The van der Waals surface area contributed by atoms with Gasteiger partial charge < -0.3 is 9.88 Å². The molecule has 3 aromatic rings. The fourth-order valence-corrected chi connectivity index (χ4v) is 3.88. The number of para-hydroxylation sites is 1. The molecule has 4 rings (SSSR count). The number of hydrogen-bond acceptors (Lipinski definition) is 2. The van der Waals surface area contributed by atoms with E-state index in [4.69, 9.17) is 11.6 Å². The number of benzene rings is 2. The molecule has 1 fully saturated rings. The highest BCUT2D eigenvalue weighted by atomic mass is 79.9. The number of amides is 3. The quantitative estimate of drug-likeness (QED) is 0.400. The molecule has 2 aromatic carbocycles. The zero-order valence-corrected chi connectivity index (χ0v) is 18.1. The van der Waals surface area contributed by atoms with Crippen LogP contribution in [0.5, 0.6) is 0 Å². The van der Waals surface area contributed by atoms with E-state index >= 15 is 0 Å². The minimum Gasteiger partial charge on any atom is -0.318 e. The molecule has 2 heterocycles. The van der Waals surface area contributed by atoms with Crippen molar-refractivity contribution in [2.75, 3.05) is 4.90 Å². The Kier molecular flexibility index (Phi) is 5.06.